The summed E-state index contributed by atoms with van der Waals surface area (Å²) in [5.41, 5.74) is 6.30. The zero-order valence-electron chi connectivity index (χ0n) is 12.5. The van der Waals surface area contributed by atoms with E-state index in [0.29, 0.717) is 18.8 Å². The van der Waals surface area contributed by atoms with Crippen molar-refractivity contribution in [2.45, 2.75) is 76.9 Å². The van der Waals surface area contributed by atoms with Gasteiger partial charge in [-0.2, -0.15) is 13.2 Å². The maximum Gasteiger partial charge on any atom is 0.392 e. The van der Waals surface area contributed by atoms with Crippen molar-refractivity contribution in [3.05, 3.63) is 0 Å². The molecule has 0 aromatic heterocycles. The first-order valence-corrected chi connectivity index (χ1v) is 8.25. The fourth-order valence-electron chi connectivity index (χ4n) is 4.36. The van der Waals surface area contributed by atoms with Gasteiger partial charge in [-0.25, -0.2) is 0 Å². The van der Waals surface area contributed by atoms with E-state index in [4.69, 9.17) is 5.73 Å². The van der Waals surface area contributed by atoms with E-state index in [1.165, 1.54) is 6.42 Å². The molecule has 0 heterocycles. The Hall–Kier alpha value is -0.250. The smallest absolute Gasteiger partial charge is 0.327 e. The number of hydrogen-bond acceptors (Lipinski definition) is 1. The standard InChI is InChI=1S/C16H28F3N/c1-2-11-7-9-12(10-8-11)15(20)13-5-3-4-6-14(13)16(17,18)19/h11-15H,2-10,20H2,1H3. The molecule has 2 saturated carbocycles. The molecule has 20 heavy (non-hydrogen) atoms. The second kappa shape index (κ2) is 6.67. The molecule has 3 atom stereocenters. The van der Waals surface area contributed by atoms with Crippen LogP contribution in [0.4, 0.5) is 13.2 Å². The summed E-state index contributed by atoms with van der Waals surface area (Å²) in [4.78, 5) is 0. The van der Waals surface area contributed by atoms with Gasteiger partial charge in [-0.05, 0) is 43.4 Å². The van der Waals surface area contributed by atoms with Crippen molar-refractivity contribution >= 4 is 0 Å². The van der Waals surface area contributed by atoms with E-state index in [2.05, 4.69) is 6.92 Å². The topological polar surface area (TPSA) is 26.0 Å². The van der Waals surface area contributed by atoms with Crippen molar-refractivity contribution in [3.63, 3.8) is 0 Å². The fourth-order valence-corrected chi connectivity index (χ4v) is 4.36. The number of hydrogen-bond donors (Lipinski definition) is 1. The molecule has 1 nitrogen and oxygen atoms in total. The first kappa shape index (κ1) is 16.1. The van der Waals surface area contributed by atoms with Crippen molar-refractivity contribution in [2.24, 2.45) is 29.4 Å². The van der Waals surface area contributed by atoms with Gasteiger partial charge in [-0.3, -0.25) is 0 Å². The molecule has 0 spiro atoms. The third kappa shape index (κ3) is 3.69. The molecule has 2 aliphatic rings. The van der Waals surface area contributed by atoms with Crippen LogP contribution in [0.5, 0.6) is 0 Å². The highest BCUT2D eigenvalue weighted by atomic mass is 19.4. The quantitative estimate of drug-likeness (QED) is 0.786. The molecular weight excluding hydrogens is 263 g/mol. The lowest BCUT2D eigenvalue weighted by atomic mass is 9.68. The second-order valence-corrected chi connectivity index (χ2v) is 6.86. The van der Waals surface area contributed by atoms with Gasteiger partial charge >= 0.3 is 6.18 Å². The predicted molar refractivity (Wildman–Crippen MR) is 75.2 cm³/mol. The van der Waals surface area contributed by atoms with Crippen LogP contribution in [0.2, 0.25) is 0 Å². The molecule has 2 aliphatic carbocycles. The lowest BCUT2D eigenvalue weighted by Gasteiger charge is -2.41. The van der Waals surface area contributed by atoms with Gasteiger partial charge in [-0.15, -0.1) is 0 Å². The SMILES string of the molecule is CCC1CCC(C(N)C2CCCCC2C(F)(F)F)CC1. The molecule has 2 rings (SSSR count). The largest absolute Gasteiger partial charge is 0.392 e. The molecule has 3 unspecified atom stereocenters. The summed E-state index contributed by atoms with van der Waals surface area (Å²) in [6, 6.07) is -0.250. The minimum absolute atomic E-state index is 0.250. The first-order valence-electron chi connectivity index (χ1n) is 8.25. The second-order valence-electron chi connectivity index (χ2n) is 6.86. The molecule has 0 aromatic rings. The zero-order chi connectivity index (χ0) is 14.8. The predicted octanol–water partition coefficient (Wildman–Crippen LogP) is 4.90. The van der Waals surface area contributed by atoms with Crippen LogP contribution in [-0.2, 0) is 0 Å². The number of rotatable bonds is 3. The van der Waals surface area contributed by atoms with Gasteiger partial charge in [0.05, 0.1) is 5.92 Å². The average Bonchev–Trinajstić information content (AvgIpc) is 2.46. The Morgan fingerprint density at radius 1 is 1.00 bits per heavy atom. The van der Waals surface area contributed by atoms with Crippen LogP contribution in [0, 0.1) is 23.7 Å². The van der Waals surface area contributed by atoms with Crippen LogP contribution in [0.25, 0.3) is 0 Å². The van der Waals surface area contributed by atoms with E-state index in [1.807, 2.05) is 0 Å². The third-order valence-corrected chi connectivity index (χ3v) is 5.75. The van der Waals surface area contributed by atoms with Crippen molar-refractivity contribution in [1.82, 2.24) is 0 Å². The summed E-state index contributed by atoms with van der Waals surface area (Å²) in [5, 5.41) is 0. The van der Waals surface area contributed by atoms with Crippen molar-refractivity contribution < 1.29 is 13.2 Å². The molecular formula is C16H28F3N. The van der Waals surface area contributed by atoms with Crippen molar-refractivity contribution in [2.75, 3.05) is 0 Å². The highest BCUT2D eigenvalue weighted by molar-refractivity contribution is 4.91. The van der Waals surface area contributed by atoms with Gasteiger partial charge in [0.25, 0.3) is 0 Å². The molecule has 0 amide bonds. The van der Waals surface area contributed by atoms with Gasteiger partial charge in [0.15, 0.2) is 0 Å². The highest BCUT2D eigenvalue weighted by Crippen LogP contribution is 2.45. The maximum atomic E-state index is 13.2. The maximum absolute atomic E-state index is 13.2. The summed E-state index contributed by atoms with van der Waals surface area (Å²) in [6.07, 6.45) is 4.05. The molecule has 0 aromatic carbocycles. The first-order chi connectivity index (χ1) is 9.43. The van der Waals surface area contributed by atoms with Crippen LogP contribution in [-0.4, -0.2) is 12.2 Å². The van der Waals surface area contributed by atoms with E-state index in [-0.39, 0.29) is 18.4 Å². The Morgan fingerprint density at radius 3 is 2.15 bits per heavy atom. The van der Waals surface area contributed by atoms with E-state index < -0.39 is 12.1 Å². The molecule has 4 heteroatoms. The lowest BCUT2D eigenvalue weighted by Crippen LogP contribution is -2.47. The Kier molecular flexibility index (Phi) is 5.38. The highest BCUT2D eigenvalue weighted by Gasteiger charge is 2.48. The number of alkyl halides is 3. The minimum atomic E-state index is -4.07. The number of halogens is 3. The lowest BCUT2D eigenvalue weighted by molar-refractivity contribution is -0.200. The van der Waals surface area contributed by atoms with E-state index in [1.54, 1.807) is 0 Å². The Bertz CT molecular complexity index is 295. The zero-order valence-corrected chi connectivity index (χ0v) is 12.5. The molecule has 2 fully saturated rings. The van der Waals surface area contributed by atoms with Crippen LogP contribution < -0.4 is 5.73 Å². The molecule has 0 saturated heterocycles. The minimum Gasteiger partial charge on any atom is -0.327 e. The van der Waals surface area contributed by atoms with Crippen LogP contribution in [0.3, 0.4) is 0 Å². The summed E-state index contributed by atoms with van der Waals surface area (Å²) in [5.74, 6) is -0.420. The van der Waals surface area contributed by atoms with Crippen LogP contribution >= 0.6 is 0 Å². The van der Waals surface area contributed by atoms with Gasteiger partial charge in [0, 0.05) is 6.04 Å². The molecule has 118 valence electrons. The van der Waals surface area contributed by atoms with Gasteiger partial charge in [-0.1, -0.05) is 39.0 Å². The van der Waals surface area contributed by atoms with Crippen LogP contribution in [0.1, 0.15) is 64.7 Å². The van der Waals surface area contributed by atoms with E-state index in [0.717, 1.165) is 38.0 Å². The molecule has 2 N–H and O–H groups in total. The van der Waals surface area contributed by atoms with E-state index in [9.17, 15) is 13.2 Å². The third-order valence-electron chi connectivity index (χ3n) is 5.75. The van der Waals surface area contributed by atoms with Gasteiger partial charge in [0.1, 0.15) is 0 Å². The average molecular weight is 291 g/mol. The van der Waals surface area contributed by atoms with Crippen molar-refractivity contribution in [1.29, 1.82) is 0 Å². The Balaban J connectivity index is 1.97. The monoisotopic (exact) mass is 291 g/mol. The van der Waals surface area contributed by atoms with E-state index >= 15 is 0 Å². The molecule has 0 bridgehead atoms. The molecule has 0 radical (unpaired) electrons. The van der Waals surface area contributed by atoms with Gasteiger partial charge in [0.2, 0.25) is 0 Å². The fraction of sp³-hybridized carbons (Fsp3) is 1.00. The normalized spacial score (nSPS) is 37.6. The van der Waals surface area contributed by atoms with Crippen molar-refractivity contribution in [3.8, 4) is 0 Å². The Morgan fingerprint density at radius 2 is 1.60 bits per heavy atom. The van der Waals surface area contributed by atoms with Gasteiger partial charge < -0.3 is 5.73 Å². The summed E-state index contributed by atoms with van der Waals surface area (Å²) >= 11 is 0. The molecule has 0 aliphatic heterocycles. The number of nitrogens with two attached hydrogens (primary N) is 1. The summed E-state index contributed by atoms with van der Waals surface area (Å²) in [6.45, 7) is 2.20. The summed E-state index contributed by atoms with van der Waals surface area (Å²) in [7, 11) is 0. The summed E-state index contributed by atoms with van der Waals surface area (Å²) < 4.78 is 39.5. The Labute approximate surface area is 120 Å². The van der Waals surface area contributed by atoms with Crippen LogP contribution in [0.15, 0.2) is 0 Å².